The molecule has 120 valence electrons. The van der Waals surface area contributed by atoms with Gasteiger partial charge in [0.2, 0.25) is 0 Å². The second-order valence-electron chi connectivity index (χ2n) is 5.37. The van der Waals surface area contributed by atoms with Gasteiger partial charge in [0.1, 0.15) is 5.82 Å². The van der Waals surface area contributed by atoms with Crippen molar-refractivity contribution >= 4 is 39.4 Å². The minimum atomic E-state index is -0.397. The first-order chi connectivity index (χ1) is 10.7. The maximum absolute atomic E-state index is 12.5. The Morgan fingerprint density at radius 3 is 2.91 bits per heavy atom. The predicted octanol–water partition coefficient (Wildman–Crippen LogP) is 1.79. The zero-order valence-corrected chi connectivity index (χ0v) is 14.9. The number of hydrogen-bond acceptors (Lipinski definition) is 6. The molecule has 1 atom stereocenters. The van der Waals surface area contributed by atoms with Gasteiger partial charge >= 0.3 is 0 Å². The minimum absolute atomic E-state index is 0.109. The fourth-order valence-corrected chi connectivity index (χ4v) is 3.57. The summed E-state index contributed by atoms with van der Waals surface area (Å²) in [7, 11) is 0. The van der Waals surface area contributed by atoms with Gasteiger partial charge in [0.25, 0.3) is 5.91 Å². The molecule has 22 heavy (non-hydrogen) atoms. The molecule has 2 aliphatic heterocycles. The Labute approximate surface area is 142 Å². The molecule has 0 bridgehead atoms. The summed E-state index contributed by atoms with van der Waals surface area (Å²) in [5, 5.41) is 0.729. The highest BCUT2D eigenvalue weighted by molar-refractivity contribution is 9.10. The number of aromatic nitrogens is 2. The molecule has 0 aliphatic carbocycles. The predicted molar refractivity (Wildman–Crippen MR) is 89.3 cm³/mol. The molecule has 2 aliphatic rings. The summed E-state index contributed by atoms with van der Waals surface area (Å²) in [4.78, 5) is 25.3. The van der Waals surface area contributed by atoms with Crippen molar-refractivity contribution in [3.8, 4) is 0 Å². The van der Waals surface area contributed by atoms with Crippen LogP contribution in [0.4, 0.5) is 5.82 Å². The molecule has 0 N–H and O–H groups in total. The Balaban J connectivity index is 1.74. The van der Waals surface area contributed by atoms with Gasteiger partial charge in [-0.25, -0.2) is 9.97 Å². The van der Waals surface area contributed by atoms with E-state index in [-0.39, 0.29) is 5.91 Å². The zero-order chi connectivity index (χ0) is 15.5. The first-order valence-electron chi connectivity index (χ1n) is 7.41. The van der Waals surface area contributed by atoms with E-state index in [2.05, 4.69) is 30.8 Å². The van der Waals surface area contributed by atoms with Crippen molar-refractivity contribution in [1.29, 1.82) is 0 Å². The number of amides is 1. The van der Waals surface area contributed by atoms with Crippen LogP contribution < -0.4 is 4.90 Å². The third-order valence-corrected chi connectivity index (χ3v) is 5.07. The van der Waals surface area contributed by atoms with Crippen molar-refractivity contribution in [3.63, 3.8) is 0 Å². The Kier molecular flexibility index (Phi) is 5.20. The van der Waals surface area contributed by atoms with E-state index in [0.717, 1.165) is 47.9 Å². The SMILES string of the molecule is CSc1ncc(Br)c(N2CCOC(C(=O)N3CCCC3)C2)n1. The van der Waals surface area contributed by atoms with Crippen LogP contribution in [-0.4, -0.2) is 65.9 Å². The maximum atomic E-state index is 12.5. The Hall–Kier alpha value is -0.860. The van der Waals surface area contributed by atoms with Crippen LogP contribution in [0.1, 0.15) is 12.8 Å². The van der Waals surface area contributed by atoms with E-state index in [4.69, 9.17) is 4.74 Å². The van der Waals surface area contributed by atoms with Crippen LogP contribution in [0.5, 0.6) is 0 Å². The highest BCUT2D eigenvalue weighted by Crippen LogP contribution is 2.27. The molecule has 8 heteroatoms. The Bertz CT molecular complexity index is 554. The maximum Gasteiger partial charge on any atom is 0.253 e. The highest BCUT2D eigenvalue weighted by Gasteiger charge is 2.32. The average molecular weight is 387 g/mol. The van der Waals surface area contributed by atoms with Crippen LogP contribution in [0.15, 0.2) is 15.8 Å². The van der Waals surface area contributed by atoms with E-state index >= 15 is 0 Å². The van der Waals surface area contributed by atoms with Crippen LogP contribution in [-0.2, 0) is 9.53 Å². The molecule has 1 amide bonds. The fourth-order valence-electron chi connectivity index (χ4n) is 2.79. The molecule has 0 radical (unpaired) electrons. The van der Waals surface area contributed by atoms with Crippen LogP contribution >= 0.6 is 27.7 Å². The Morgan fingerprint density at radius 1 is 1.41 bits per heavy atom. The summed E-state index contributed by atoms with van der Waals surface area (Å²) in [5.41, 5.74) is 0. The topological polar surface area (TPSA) is 58.6 Å². The second kappa shape index (κ2) is 7.14. The van der Waals surface area contributed by atoms with Crippen LogP contribution in [0.2, 0.25) is 0 Å². The van der Waals surface area contributed by atoms with E-state index in [0.29, 0.717) is 13.2 Å². The van der Waals surface area contributed by atoms with Gasteiger partial charge in [-0.1, -0.05) is 11.8 Å². The number of halogens is 1. The lowest BCUT2D eigenvalue weighted by Crippen LogP contribution is -2.50. The van der Waals surface area contributed by atoms with Crippen molar-refractivity contribution in [2.75, 3.05) is 43.9 Å². The van der Waals surface area contributed by atoms with Gasteiger partial charge in [-0.05, 0) is 35.0 Å². The van der Waals surface area contributed by atoms with Gasteiger partial charge in [-0.15, -0.1) is 0 Å². The molecule has 1 aromatic rings. The fraction of sp³-hybridized carbons (Fsp3) is 0.643. The third-order valence-electron chi connectivity index (χ3n) is 3.95. The molecule has 3 rings (SSSR count). The van der Waals surface area contributed by atoms with Crippen molar-refractivity contribution in [2.24, 2.45) is 0 Å². The molecule has 2 fully saturated rings. The molecule has 0 saturated carbocycles. The summed E-state index contributed by atoms with van der Waals surface area (Å²) in [6.07, 6.45) is 5.51. The van der Waals surface area contributed by atoms with Gasteiger partial charge in [0, 0.05) is 25.8 Å². The standard InChI is InChI=1S/C14H19BrN4O2S/c1-22-14-16-8-10(15)12(17-14)19-6-7-21-11(9-19)13(20)18-4-2-3-5-18/h8,11H,2-7,9H2,1H3. The van der Waals surface area contributed by atoms with Crippen molar-refractivity contribution in [2.45, 2.75) is 24.1 Å². The van der Waals surface area contributed by atoms with Gasteiger partial charge in [0.05, 0.1) is 17.6 Å². The van der Waals surface area contributed by atoms with E-state index in [9.17, 15) is 4.79 Å². The van der Waals surface area contributed by atoms with E-state index < -0.39 is 6.10 Å². The molecular formula is C14H19BrN4O2S. The van der Waals surface area contributed by atoms with E-state index in [1.165, 1.54) is 11.8 Å². The van der Waals surface area contributed by atoms with Crippen LogP contribution in [0.25, 0.3) is 0 Å². The monoisotopic (exact) mass is 386 g/mol. The smallest absolute Gasteiger partial charge is 0.253 e. The lowest BCUT2D eigenvalue weighted by molar-refractivity contribution is -0.143. The number of ether oxygens (including phenoxy) is 1. The van der Waals surface area contributed by atoms with Crippen LogP contribution in [0.3, 0.4) is 0 Å². The number of rotatable bonds is 3. The number of hydrogen-bond donors (Lipinski definition) is 0. The summed E-state index contributed by atoms with van der Waals surface area (Å²) >= 11 is 5.01. The number of nitrogens with zero attached hydrogens (tertiary/aromatic N) is 4. The molecule has 3 heterocycles. The number of morpholine rings is 1. The van der Waals surface area contributed by atoms with Crippen molar-refractivity contribution in [1.82, 2.24) is 14.9 Å². The third kappa shape index (κ3) is 3.38. The van der Waals surface area contributed by atoms with Crippen molar-refractivity contribution < 1.29 is 9.53 Å². The molecule has 6 nitrogen and oxygen atoms in total. The summed E-state index contributed by atoms with van der Waals surface area (Å²) < 4.78 is 6.55. The van der Waals surface area contributed by atoms with Gasteiger partial charge in [-0.2, -0.15) is 0 Å². The summed E-state index contributed by atoms with van der Waals surface area (Å²) in [5.74, 6) is 0.944. The number of carbonyl (C=O) groups is 1. The average Bonchev–Trinajstić information content (AvgIpc) is 3.09. The molecule has 1 aromatic heterocycles. The first kappa shape index (κ1) is 16.0. The second-order valence-corrected chi connectivity index (χ2v) is 6.99. The molecule has 0 aromatic carbocycles. The lowest BCUT2D eigenvalue weighted by atomic mass is 10.2. The highest BCUT2D eigenvalue weighted by atomic mass is 79.9. The number of anilines is 1. The quantitative estimate of drug-likeness (QED) is 0.582. The first-order valence-corrected chi connectivity index (χ1v) is 9.42. The van der Waals surface area contributed by atoms with Gasteiger partial charge in [0.15, 0.2) is 11.3 Å². The molecule has 0 spiro atoms. The summed E-state index contributed by atoms with van der Waals surface area (Å²) in [6, 6.07) is 0. The number of carbonyl (C=O) groups excluding carboxylic acids is 1. The summed E-state index contributed by atoms with van der Waals surface area (Å²) in [6.45, 7) is 3.51. The van der Waals surface area contributed by atoms with Gasteiger partial charge in [-0.3, -0.25) is 4.79 Å². The minimum Gasteiger partial charge on any atom is -0.365 e. The largest absolute Gasteiger partial charge is 0.365 e. The lowest BCUT2D eigenvalue weighted by Gasteiger charge is -2.35. The van der Waals surface area contributed by atoms with E-state index in [1.807, 2.05) is 11.2 Å². The van der Waals surface area contributed by atoms with Crippen LogP contribution in [0, 0.1) is 0 Å². The van der Waals surface area contributed by atoms with Crippen molar-refractivity contribution in [3.05, 3.63) is 10.7 Å². The van der Waals surface area contributed by atoms with Gasteiger partial charge < -0.3 is 14.5 Å². The number of thioether (sulfide) groups is 1. The normalized spacial score (nSPS) is 22.2. The number of likely N-dealkylation sites (tertiary alicyclic amines) is 1. The molecular weight excluding hydrogens is 368 g/mol. The zero-order valence-electron chi connectivity index (χ0n) is 12.5. The Morgan fingerprint density at radius 2 is 2.18 bits per heavy atom. The molecule has 2 saturated heterocycles. The van der Waals surface area contributed by atoms with E-state index in [1.54, 1.807) is 6.20 Å². The molecule has 1 unspecified atom stereocenters.